The summed E-state index contributed by atoms with van der Waals surface area (Å²) in [5.41, 5.74) is 0. The molecule has 12 heavy (non-hydrogen) atoms. The van der Waals surface area contributed by atoms with Gasteiger partial charge in [0, 0.05) is 10.6 Å². The molecule has 0 saturated heterocycles. The highest BCUT2D eigenvalue weighted by Gasteiger charge is 2.07. The summed E-state index contributed by atoms with van der Waals surface area (Å²) in [6.45, 7) is 6.85. The molecule has 0 amide bonds. The van der Waals surface area contributed by atoms with Crippen molar-refractivity contribution in [3.63, 3.8) is 0 Å². The van der Waals surface area contributed by atoms with E-state index >= 15 is 0 Å². The predicted octanol–water partition coefficient (Wildman–Crippen LogP) is 4.33. The molecule has 0 radical (unpaired) electrons. The SMILES string of the molecule is CCCC(CBr)CSC(C)CC. The Morgan fingerprint density at radius 2 is 2.00 bits per heavy atom. The van der Waals surface area contributed by atoms with Crippen LogP contribution in [0.5, 0.6) is 0 Å². The Kier molecular flexibility index (Phi) is 9.01. The number of thioether (sulfide) groups is 1. The second-order valence-electron chi connectivity index (χ2n) is 3.36. The van der Waals surface area contributed by atoms with Crippen LogP contribution in [0.4, 0.5) is 0 Å². The van der Waals surface area contributed by atoms with Crippen LogP contribution in [-0.4, -0.2) is 16.3 Å². The topological polar surface area (TPSA) is 0 Å². The van der Waals surface area contributed by atoms with Crippen LogP contribution < -0.4 is 0 Å². The molecule has 0 fully saturated rings. The first-order chi connectivity index (χ1) is 5.74. The molecular weight excluding hydrogens is 232 g/mol. The van der Waals surface area contributed by atoms with Crippen LogP contribution in [0.15, 0.2) is 0 Å². The smallest absolute Gasteiger partial charge is 0.00675 e. The van der Waals surface area contributed by atoms with E-state index in [9.17, 15) is 0 Å². The van der Waals surface area contributed by atoms with Gasteiger partial charge in [-0.1, -0.05) is 43.1 Å². The van der Waals surface area contributed by atoms with Crippen molar-refractivity contribution in [1.29, 1.82) is 0 Å². The molecule has 0 bridgehead atoms. The lowest BCUT2D eigenvalue weighted by molar-refractivity contribution is 0.596. The van der Waals surface area contributed by atoms with E-state index in [1.807, 2.05) is 0 Å². The lowest BCUT2D eigenvalue weighted by Crippen LogP contribution is -2.07. The van der Waals surface area contributed by atoms with Crippen molar-refractivity contribution < 1.29 is 0 Å². The third kappa shape index (κ3) is 6.36. The summed E-state index contributed by atoms with van der Waals surface area (Å²) in [6, 6.07) is 0. The minimum Gasteiger partial charge on any atom is -0.159 e. The molecule has 0 aromatic rings. The van der Waals surface area contributed by atoms with Crippen molar-refractivity contribution in [3.8, 4) is 0 Å². The molecule has 0 aromatic heterocycles. The summed E-state index contributed by atoms with van der Waals surface area (Å²) in [4.78, 5) is 0. The van der Waals surface area contributed by atoms with Gasteiger partial charge in [-0.2, -0.15) is 11.8 Å². The second-order valence-corrected chi connectivity index (χ2v) is 5.48. The first-order valence-electron chi connectivity index (χ1n) is 4.92. The van der Waals surface area contributed by atoms with Crippen molar-refractivity contribution >= 4 is 27.7 Å². The lowest BCUT2D eigenvalue weighted by Gasteiger charge is -2.15. The van der Waals surface area contributed by atoms with Gasteiger partial charge >= 0.3 is 0 Å². The van der Waals surface area contributed by atoms with Crippen LogP contribution in [0.25, 0.3) is 0 Å². The maximum atomic E-state index is 3.58. The molecule has 74 valence electrons. The van der Waals surface area contributed by atoms with E-state index in [1.54, 1.807) is 0 Å². The first kappa shape index (κ1) is 12.8. The molecule has 0 heterocycles. The van der Waals surface area contributed by atoms with Gasteiger partial charge in [-0.15, -0.1) is 0 Å². The first-order valence-corrected chi connectivity index (χ1v) is 7.09. The molecule has 0 N–H and O–H groups in total. The zero-order valence-electron chi connectivity index (χ0n) is 8.48. The normalized spacial score (nSPS) is 16.0. The van der Waals surface area contributed by atoms with E-state index in [4.69, 9.17) is 0 Å². The average molecular weight is 253 g/mol. The fourth-order valence-corrected chi connectivity index (χ4v) is 3.01. The molecule has 0 aliphatic heterocycles. The van der Waals surface area contributed by atoms with Gasteiger partial charge in [0.25, 0.3) is 0 Å². The number of hydrogen-bond acceptors (Lipinski definition) is 1. The molecule has 0 aliphatic rings. The Labute approximate surface area is 90.0 Å². The van der Waals surface area contributed by atoms with E-state index in [1.165, 1.54) is 30.3 Å². The molecule has 0 aliphatic carbocycles. The number of rotatable bonds is 7. The van der Waals surface area contributed by atoms with Crippen LogP contribution in [0.1, 0.15) is 40.0 Å². The van der Waals surface area contributed by atoms with Crippen LogP contribution in [-0.2, 0) is 0 Å². The summed E-state index contributed by atoms with van der Waals surface area (Å²) >= 11 is 5.69. The second kappa shape index (κ2) is 8.43. The minimum atomic E-state index is 0.836. The maximum Gasteiger partial charge on any atom is 0.00675 e. The Bertz CT molecular complexity index is 95.8. The van der Waals surface area contributed by atoms with Gasteiger partial charge in [0.15, 0.2) is 0 Å². The average Bonchev–Trinajstić information content (AvgIpc) is 2.11. The van der Waals surface area contributed by atoms with Crippen LogP contribution in [0.3, 0.4) is 0 Å². The summed E-state index contributed by atoms with van der Waals surface area (Å²) in [5, 5.41) is 2.01. The Hall–Kier alpha value is 0.830. The highest BCUT2D eigenvalue weighted by Crippen LogP contribution is 2.21. The fraction of sp³-hybridized carbons (Fsp3) is 1.00. The Balaban J connectivity index is 3.43. The van der Waals surface area contributed by atoms with E-state index in [-0.39, 0.29) is 0 Å². The van der Waals surface area contributed by atoms with E-state index < -0.39 is 0 Å². The van der Waals surface area contributed by atoms with Gasteiger partial charge in [0.05, 0.1) is 0 Å². The minimum absolute atomic E-state index is 0.836. The number of alkyl halides is 1. The zero-order chi connectivity index (χ0) is 9.40. The summed E-state index contributed by atoms with van der Waals surface area (Å²) < 4.78 is 0. The summed E-state index contributed by atoms with van der Waals surface area (Å²) in [6.07, 6.45) is 3.98. The van der Waals surface area contributed by atoms with Crippen molar-refractivity contribution in [2.45, 2.75) is 45.3 Å². The van der Waals surface area contributed by atoms with Crippen LogP contribution >= 0.6 is 27.7 Å². The molecule has 0 rings (SSSR count). The molecule has 2 atom stereocenters. The van der Waals surface area contributed by atoms with E-state index in [0.717, 1.165) is 11.2 Å². The Morgan fingerprint density at radius 3 is 2.42 bits per heavy atom. The molecule has 2 heteroatoms. The number of halogens is 1. The van der Waals surface area contributed by atoms with E-state index in [0.29, 0.717) is 0 Å². The fourth-order valence-electron chi connectivity index (χ4n) is 1.03. The zero-order valence-corrected chi connectivity index (χ0v) is 10.9. The Morgan fingerprint density at radius 1 is 1.33 bits per heavy atom. The molecule has 2 unspecified atom stereocenters. The highest BCUT2D eigenvalue weighted by molar-refractivity contribution is 9.09. The van der Waals surface area contributed by atoms with E-state index in [2.05, 4.69) is 48.5 Å². The van der Waals surface area contributed by atoms with Crippen LogP contribution in [0.2, 0.25) is 0 Å². The summed E-state index contributed by atoms with van der Waals surface area (Å²) in [5.74, 6) is 2.21. The standard InChI is InChI=1S/C10H21BrS/c1-4-6-10(7-11)8-12-9(3)5-2/h9-10H,4-8H2,1-3H3. The molecule has 0 saturated carbocycles. The third-order valence-corrected chi connectivity index (χ3v) is 4.59. The van der Waals surface area contributed by atoms with Gasteiger partial charge < -0.3 is 0 Å². The highest BCUT2D eigenvalue weighted by atomic mass is 79.9. The molecular formula is C10H21BrS. The van der Waals surface area contributed by atoms with Crippen LogP contribution in [0, 0.1) is 5.92 Å². The van der Waals surface area contributed by atoms with Gasteiger partial charge in [-0.25, -0.2) is 0 Å². The quantitative estimate of drug-likeness (QED) is 0.608. The lowest BCUT2D eigenvalue weighted by atomic mass is 10.1. The van der Waals surface area contributed by atoms with Gasteiger partial charge in [0.1, 0.15) is 0 Å². The monoisotopic (exact) mass is 252 g/mol. The van der Waals surface area contributed by atoms with Gasteiger partial charge in [-0.3, -0.25) is 0 Å². The van der Waals surface area contributed by atoms with Gasteiger partial charge in [-0.05, 0) is 24.5 Å². The third-order valence-electron chi connectivity index (χ3n) is 2.11. The predicted molar refractivity (Wildman–Crippen MR) is 64.4 cm³/mol. The number of hydrogen-bond donors (Lipinski definition) is 0. The van der Waals surface area contributed by atoms with Crippen molar-refractivity contribution in [2.75, 3.05) is 11.1 Å². The maximum absolute atomic E-state index is 3.58. The summed E-state index contributed by atoms with van der Waals surface area (Å²) in [7, 11) is 0. The molecule has 0 spiro atoms. The van der Waals surface area contributed by atoms with Crippen molar-refractivity contribution in [2.24, 2.45) is 5.92 Å². The molecule has 0 aromatic carbocycles. The molecule has 0 nitrogen and oxygen atoms in total. The van der Waals surface area contributed by atoms with Crippen molar-refractivity contribution in [1.82, 2.24) is 0 Å². The van der Waals surface area contributed by atoms with Gasteiger partial charge in [0.2, 0.25) is 0 Å². The van der Waals surface area contributed by atoms with Crippen molar-refractivity contribution in [3.05, 3.63) is 0 Å². The largest absolute Gasteiger partial charge is 0.159 e.